The SMILES string of the molecule is Nc1cc2c(cc1N(CCO)CCO)NC(=O)C2. The number of amides is 1. The predicted octanol–water partition coefficient (Wildman–Crippen LogP) is -0.446. The lowest BCUT2D eigenvalue weighted by atomic mass is 10.1. The molecule has 0 bridgehead atoms. The van der Waals surface area contributed by atoms with Crippen LogP contribution in [-0.4, -0.2) is 42.4 Å². The molecule has 1 aliphatic rings. The molecule has 18 heavy (non-hydrogen) atoms. The van der Waals surface area contributed by atoms with E-state index in [2.05, 4.69) is 5.32 Å². The van der Waals surface area contributed by atoms with Gasteiger partial charge in [0.2, 0.25) is 5.91 Å². The zero-order chi connectivity index (χ0) is 13.1. The van der Waals surface area contributed by atoms with Gasteiger partial charge in [0, 0.05) is 18.8 Å². The first-order valence-electron chi connectivity index (χ1n) is 5.84. The van der Waals surface area contributed by atoms with Crippen LogP contribution >= 0.6 is 0 Å². The minimum Gasteiger partial charge on any atom is -0.397 e. The van der Waals surface area contributed by atoms with Crippen molar-refractivity contribution in [1.82, 2.24) is 0 Å². The van der Waals surface area contributed by atoms with Crippen molar-refractivity contribution in [2.45, 2.75) is 6.42 Å². The smallest absolute Gasteiger partial charge is 0.228 e. The van der Waals surface area contributed by atoms with Crippen molar-refractivity contribution in [3.8, 4) is 0 Å². The van der Waals surface area contributed by atoms with Crippen LogP contribution in [-0.2, 0) is 11.2 Å². The zero-order valence-corrected chi connectivity index (χ0v) is 10.0. The first-order valence-corrected chi connectivity index (χ1v) is 5.84. The molecule has 2 rings (SSSR count). The number of fused-ring (bicyclic) bond motifs is 1. The molecular weight excluding hydrogens is 234 g/mol. The average molecular weight is 251 g/mol. The largest absolute Gasteiger partial charge is 0.397 e. The lowest BCUT2D eigenvalue weighted by molar-refractivity contribution is -0.115. The summed E-state index contributed by atoms with van der Waals surface area (Å²) < 4.78 is 0. The molecule has 0 aliphatic carbocycles. The normalized spacial score (nSPS) is 13.3. The fourth-order valence-electron chi connectivity index (χ4n) is 2.15. The van der Waals surface area contributed by atoms with Gasteiger partial charge in [-0.15, -0.1) is 0 Å². The Bertz CT molecular complexity index is 456. The molecule has 0 saturated carbocycles. The summed E-state index contributed by atoms with van der Waals surface area (Å²) in [7, 11) is 0. The second-order valence-corrected chi connectivity index (χ2v) is 4.23. The van der Waals surface area contributed by atoms with Crippen LogP contribution in [0.15, 0.2) is 12.1 Å². The highest BCUT2D eigenvalue weighted by Crippen LogP contribution is 2.33. The van der Waals surface area contributed by atoms with Gasteiger partial charge in [-0.3, -0.25) is 4.79 Å². The van der Waals surface area contributed by atoms with E-state index >= 15 is 0 Å². The third-order valence-corrected chi connectivity index (χ3v) is 2.96. The molecule has 1 aliphatic heterocycles. The first-order chi connectivity index (χ1) is 8.65. The Morgan fingerprint density at radius 3 is 2.56 bits per heavy atom. The Labute approximate surface area is 105 Å². The Kier molecular flexibility index (Phi) is 3.69. The van der Waals surface area contributed by atoms with Crippen LogP contribution in [0.2, 0.25) is 0 Å². The number of nitrogens with two attached hydrogens (primary N) is 1. The van der Waals surface area contributed by atoms with Crippen molar-refractivity contribution >= 4 is 23.0 Å². The summed E-state index contributed by atoms with van der Waals surface area (Å²) in [5, 5.41) is 20.8. The highest BCUT2D eigenvalue weighted by atomic mass is 16.3. The number of aliphatic hydroxyl groups excluding tert-OH is 2. The van der Waals surface area contributed by atoms with E-state index in [1.165, 1.54) is 0 Å². The van der Waals surface area contributed by atoms with Gasteiger partial charge in [0.05, 0.1) is 31.0 Å². The highest BCUT2D eigenvalue weighted by Gasteiger charge is 2.21. The maximum Gasteiger partial charge on any atom is 0.228 e. The number of nitrogens with zero attached hydrogens (tertiary/aromatic N) is 1. The summed E-state index contributed by atoms with van der Waals surface area (Å²) in [6.45, 7) is 0.723. The number of anilines is 3. The molecule has 6 nitrogen and oxygen atoms in total. The number of rotatable bonds is 5. The van der Waals surface area contributed by atoms with Crippen LogP contribution in [0, 0.1) is 0 Å². The van der Waals surface area contributed by atoms with Gasteiger partial charge >= 0.3 is 0 Å². The van der Waals surface area contributed by atoms with Crippen LogP contribution in [0.3, 0.4) is 0 Å². The molecule has 6 heteroatoms. The summed E-state index contributed by atoms with van der Waals surface area (Å²) in [5.41, 5.74) is 8.86. The number of carbonyl (C=O) groups is 1. The Morgan fingerprint density at radius 1 is 1.28 bits per heavy atom. The summed E-state index contributed by atoms with van der Waals surface area (Å²) in [4.78, 5) is 13.1. The van der Waals surface area contributed by atoms with E-state index in [-0.39, 0.29) is 19.1 Å². The number of aliphatic hydroxyl groups is 2. The van der Waals surface area contributed by atoms with E-state index in [1.54, 1.807) is 17.0 Å². The molecule has 1 amide bonds. The fraction of sp³-hybridized carbons (Fsp3) is 0.417. The Hall–Kier alpha value is -1.79. The Balaban J connectivity index is 2.32. The van der Waals surface area contributed by atoms with Crippen molar-refractivity contribution in [1.29, 1.82) is 0 Å². The van der Waals surface area contributed by atoms with Crippen LogP contribution in [0.1, 0.15) is 5.56 Å². The molecular formula is C12H17N3O3. The molecule has 1 aromatic rings. The second-order valence-electron chi connectivity index (χ2n) is 4.23. The molecule has 0 atom stereocenters. The van der Waals surface area contributed by atoms with Gasteiger partial charge in [0.1, 0.15) is 0 Å². The molecule has 0 aromatic heterocycles. The third kappa shape index (κ3) is 2.39. The summed E-state index contributed by atoms with van der Waals surface area (Å²) >= 11 is 0. The molecule has 98 valence electrons. The molecule has 0 unspecified atom stereocenters. The molecule has 5 N–H and O–H groups in total. The van der Waals surface area contributed by atoms with Crippen LogP contribution in [0.5, 0.6) is 0 Å². The molecule has 0 radical (unpaired) electrons. The minimum absolute atomic E-state index is 0.0249. The van der Waals surface area contributed by atoms with E-state index in [0.717, 1.165) is 16.9 Å². The monoisotopic (exact) mass is 251 g/mol. The quantitative estimate of drug-likeness (QED) is 0.531. The van der Waals surface area contributed by atoms with Gasteiger partial charge < -0.3 is 26.2 Å². The third-order valence-electron chi connectivity index (χ3n) is 2.96. The van der Waals surface area contributed by atoms with Gasteiger partial charge in [-0.25, -0.2) is 0 Å². The van der Waals surface area contributed by atoms with Crippen molar-refractivity contribution in [2.24, 2.45) is 0 Å². The fourth-order valence-corrected chi connectivity index (χ4v) is 2.15. The van der Waals surface area contributed by atoms with Gasteiger partial charge in [-0.05, 0) is 17.7 Å². The standard InChI is InChI=1S/C12H17N3O3/c13-9-5-8-6-12(18)14-10(8)7-11(9)15(1-3-16)2-4-17/h5,7,16-17H,1-4,6,13H2,(H,14,18). The molecule has 0 saturated heterocycles. The zero-order valence-electron chi connectivity index (χ0n) is 10.0. The maximum absolute atomic E-state index is 11.3. The van der Waals surface area contributed by atoms with Gasteiger partial charge in [0.15, 0.2) is 0 Å². The lowest BCUT2D eigenvalue weighted by Crippen LogP contribution is -2.30. The number of hydrogen-bond donors (Lipinski definition) is 4. The molecule has 1 aromatic carbocycles. The number of carbonyl (C=O) groups excluding carboxylic acids is 1. The highest BCUT2D eigenvalue weighted by molar-refractivity contribution is 6.00. The van der Waals surface area contributed by atoms with Gasteiger partial charge in [-0.2, -0.15) is 0 Å². The van der Waals surface area contributed by atoms with Crippen molar-refractivity contribution in [3.63, 3.8) is 0 Å². The van der Waals surface area contributed by atoms with Crippen LogP contribution in [0.25, 0.3) is 0 Å². The van der Waals surface area contributed by atoms with Gasteiger partial charge in [-0.1, -0.05) is 0 Å². The number of nitrogen functional groups attached to an aromatic ring is 1. The van der Waals surface area contributed by atoms with E-state index < -0.39 is 0 Å². The molecule has 0 spiro atoms. The first kappa shape index (κ1) is 12.7. The van der Waals surface area contributed by atoms with E-state index in [1.807, 2.05) is 0 Å². The summed E-state index contributed by atoms with van der Waals surface area (Å²) in [5.74, 6) is -0.0441. The second kappa shape index (κ2) is 5.24. The van der Waals surface area contributed by atoms with Crippen molar-refractivity contribution in [3.05, 3.63) is 17.7 Å². The van der Waals surface area contributed by atoms with Crippen molar-refractivity contribution in [2.75, 3.05) is 42.3 Å². The predicted molar refractivity (Wildman–Crippen MR) is 69.6 cm³/mol. The topological polar surface area (TPSA) is 98.8 Å². The van der Waals surface area contributed by atoms with E-state index in [0.29, 0.717) is 25.2 Å². The average Bonchev–Trinajstić information content (AvgIpc) is 2.67. The molecule has 0 fully saturated rings. The Morgan fingerprint density at radius 2 is 1.94 bits per heavy atom. The van der Waals surface area contributed by atoms with Crippen LogP contribution in [0.4, 0.5) is 17.1 Å². The van der Waals surface area contributed by atoms with E-state index in [4.69, 9.17) is 15.9 Å². The van der Waals surface area contributed by atoms with Crippen molar-refractivity contribution < 1.29 is 15.0 Å². The molecule has 1 heterocycles. The van der Waals surface area contributed by atoms with Crippen LogP contribution < -0.4 is 16.0 Å². The number of hydrogen-bond acceptors (Lipinski definition) is 5. The summed E-state index contributed by atoms with van der Waals surface area (Å²) in [6.07, 6.45) is 0.347. The van der Waals surface area contributed by atoms with Gasteiger partial charge in [0.25, 0.3) is 0 Å². The van der Waals surface area contributed by atoms with E-state index in [9.17, 15) is 4.79 Å². The summed E-state index contributed by atoms with van der Waals surface area (Å²) in [6, 6.07) is 3.56. The lowest BCUT2D eigenvalue weighted by Gasteiger charge is -2.25. The minimum atomic E-state index is -0.0441. The number of nitrogens with one attached hydrogen (secondary N) is 1. The maximum atomic E-state index is 11.3. The number of benzene rings is 1.